The van der Waals surface area contributed by atoms with E-state index in [0.717, 1.165) is 11.1 Å². The largest absolute Gasteiger partial charge is 0.483 e. The molecule has 2 rings (SSSR count). The number of hydrazone groups is 1. The lowest BCUT2D eigenvalue weighted by molar-refractivity contribution is -0.123. The van der Waals surface area contributed by atoms with Crippen molar-refractivity contribution >= 4 is 12.1 Å². The number of carbonyl (C=O) groups excluding carboxylic acids is 1. The highest BCUT2D eigenvalue weighted by Gasteiger charge is 2.02. The molecule has 0 heterocycles. The lowest BCUT2D eigenvalue weighted by Crippen LogP contribution is -2.24. The maximum absolute atomic E-state index is 11.6. The maximum atomic E-state index is 11.6. The van der Waals surface area contributed by atoms with E-state index in [2.05, 4.69) is 10.5 Å². The van der Waals surface area contributed by atoms with Crippen molar-refractivity contribution in [1.29, 1.82) is 0 Å². The van der Waals surface area contributed by atoms with Crippen LogP contribution in [0, 0.1) is 6.92 Å². The molecule has 102 valence electrons. The van der Waals surface area contributed by atoms with E-state index in [0.29, 0.717) is 5.75 Å². The molecule has 0 bridgehead atoms. The van der Waals surface area contributed by atoms with Crippen molar-refractivity contribution in [2.45, 2.75) is 6.92 Å². The Balaban J connectivity index is 1.79. The molecule has 0 atom stereocenters. The molecule has 0 unspecified atom stereocenters. The van der Waals surface area contributed by atoms with Gasteiger partial charge < -0.3 is 4.74 Å². The van der Waals surface area contributed by atoms with Crippen LogP contribution in [-0.2, 0) is 4.79 Å². The van der Waals surface area contributed by atoms with Crippen LogP contribution in [0.5, 0.6) is 5.75 Å². The van der Waals surface area contributed by atoms with E-state index in [9.17, 15) is 4.79 Å². The van der Waals surface area contributed by atoms with Gasteiger partial charge in [-0.2, -0.15) is 5.10 Å². The second kappa shape index (κ2) is 7.09. The molecule has 0 spiro atoms. The van der Waals surface area contributed by atoms with Crippen molar-refractivity contribution in [2.75, 3.05) is 6.61 Å². The van der Waals surface area contributed by atoms with E-state index >= 15 is 0 Å². The summed E-state index contributed by atoms with van der Waals surface area (Å²) in [7, 11) is 0. The molecule has 20 heavy (non-hydrogen) atoms. The Labute approximate surface area is 118 Å². The highest BCUT2D eigenvalue weighted by molar-refractivity contribution is 5.82. The minimum absolute atomic E-state index is 0.0585. The molecule has 0 aliphatic rings. The molecule has 4 nitrogen and oxygen atoms in total. The van der Waals surface area contributed by atoms with Gasteiger partial charge in [-0.15, -0.1) is 0 Å². The topological polar surface area (TPSA) is 50.7 Å². The molecule has 0 aromatic heterocycles. The fourth-order valence-electron chi connectivity index (χ4n) is 1.61. The van der Waals surface area contributed by atoms with Crippen LogP contribution in [0.25, 0.3) is 0 Å². The Hall–Kier alpha value is -2.62. The number of nitrogens with one attached hydrogen (secondary N) is 1. The van der Waals surface area contributed by atoms with Crippen molar-refractivity contribution in [3.05, 3.63) is 65.7 Å². The van der Waals surface area contributed by atoms with Crippen LogP contribution in [0.1, 0.15) is 11.1 Å². The van der Waals surface area contributed by atoms with Crippen LogP contribution in [-0.4, -0.2) is 18.7 Å². The number of rotatable bonds is 5. The smallest absolute Gasteiger partial charge is 0.277 e. The molecule has 0 radical (unpaired) electrons. The van der Waals surface area contributed by atoms with Crippen LogP contribution in [0.4, 0.5) is 0 Å². The zero-order valence-corrected chi connectivity index (χ0v) is 11.2. The van der Waals surface area contributed by atoms with Gasteiger partial charge in [0.05, 0.1) is 6.21 Å². The first-order valence-electron chi connectivity index (χ1n) is 6.31. The second-order valence-electron chi connectivity index (χ2n) is 4.26. The number of amides is 1. The molecule has 4 heteroatoms. The lowest BCUT2D eigenvalue weighted by atomic mass is 10.2. The quantitative estimate of drug-likeness (QED) is 0.669. The van der Waals surface area contributed by atoms with Gasteiger partial charge in [-0.1, -0.05) is 48.5 Å². The standard InChI is InChI=1S/C16H16N2O2/c1-13-7-5-6-10-15(13)20-12-16(19)18-17-11-14-8-3-2-4-9-14/h2-11H,12H2,1H3,(H,18,19)/b17-11+. The Kier molecular flexibility index (Phi) is 4.89. The van der Waals surface area contributed by atoms with Crippen molar-refractivity contribution in [3.63, 3.8) is 0 Å². The summed E-state index contributed by atoms with van der Waals surface area (Å²) in [5.41, 5.74) is 4.34. The summed E-state index contributed by atoms with van der Waals surface area (Å²) in [4.78, 5) is 11.6. The van der Waals surface area contributed by atoms with Gasteiger partial charge in [-0.05, 0) is 24.1 Å². The van der Waals surface area contributed by atoms with E-state index in [1.54, 1.807) is 6.21 Å². The Bertz CT molecular complexity index is 594. The third-order valence-electron chi connectivity index (χ3n) is 2.65. The summed E-state index contributed by atoms with van der Waals surface area (Å²) in [6.07, 6.45) is 1.59. The first-order valence-corrected chi connectivity index (χ1v) is 6.31. The monoisotopic (exact) mass is 268 g/mol. The van der Waals surface area contributed by atoms with Gasteiger partial charge in [0, 0.05) is 0 Å². The SMILES string of the molecule is Cc1ccccc1OCC(=O)N/N=C/c1ccccc1. The number of hydrogen-bond acceptors (Lipinski definition) is 3. The summed E-state index contributed by atoms with van der Waals surface area (Å²) in [6.45, 7) is 1.87. The molecule has 0 aliphatic heterocycles. The van der Waals surface area contributed by atoms with E-state index < -0.39 is 0 Å². The van der Waals surface area contributed by atoms with Crippen molar-refractivity contribution < 1.29 is 9.53 Å². The van der Waals surface area contributed by atoms with Crippen LogP contribution in [0.2, 0.25) is 0 Å². The molecule has 1 amide bonds. The number of para-hydroxylation sites is 1. The number of aryl methyl sites for hydroxylation is 1. The molecule has 2 aromatic carbocycles. The third-order valence-corrected chi connectivity index (χ3v) is 2.65. The van der Waals surface area contributed by atoms with Gasteiger partial charge in [0.15, 0.2) is 6.61 Å². The number of nitrogens with zero attached hydrogens (tertiary/aromatic N) is 1. The molecule has 0 fully saturated rings. The number of hydrogen-bond donors (Lipinski definition) is 1. The summed E-state index contributed by atoms with van der Waals surface area (Å²) < 4.78 is 5.42. The summed E-state index contributed by atoms with van der Waals surface area (Å²) >= 11 is 0. The molecular formula is C16H16N2O2. The number of carbonyl (C=O) groups is 1. The van der Waals surface area contributed by atoms with E-state index in [4.69, 9.17) is 4.74 Å². The van der Waals surface area contributed by atoms with Crippen LogP contribution >= 0.6 is 0 Å². The molecule has 0 saturated heterocycles. The second-order valence-corrected chi connectivity index (χ2v) is 4.26. The van der Waals surface area contributed by atoms with Gasteiger partial charge >= 0.3 is 0 Å². The van der Waals surface area contributed by atoms with E-state index in [1.807, 2.05) is 61.5 Å². The number of ether oxygens (including phenoxy) is 1. The fraction of sp³-hybridized carbons (Fsp3) is 0.125. The third kappa shape index (κ3) is 4.24. The Morgan fingerprint density at radius 3 is 2.60 bits per heavy atom. The van der Waals surface area contributed by atoms with E-state index in [1.165, 1.54) is 0 Å². The van der Waals surface area contributed by atoms with Gasteiger partial charge in [0.1, 0.15) is 5.75 Å². The van der Waals surface area contributed by atoms with Crippen molar-refractivity contribution in [1.82, 2.24) is 5.43 Å². The van der Waals surface area contributed by atoms with Gasteiger partial charge in [0.2, 0.25) is 0 Å². The zero-order valence-electron chi connectivity index (χ0n) is 11.2. The molecule has 0 saturated carbocycles. The van der Waals surface area contributed by atoms with Gasteiger partial charge in [-0.3, -0.25) is 4.79 Å². The minimum atomic E-state index is -0.291. The fourth-order valence-corrected chi connectivity index (χ4v) is 1.61. The Morgan fingerprint density at radius 1 is 1.15 bits per heavy atom. The molecule has 2 aromatic rings. The van der Waals surface area contributed by atoms with Crippen LogP contribution in [0.3, 0.4) is 0 Å². The summed E-state index contributed by atoms with van der Waals surface area (Å²) in [5.74, 6) is 0.412. The predicted molar refractivity (Wildman–Crippen MR) is 78.9 cm³/mol. The minimum Gasteiger partial charge on any atom is -0.483 e. The normalized spacial score (nSPS) is 10.4. The average molecular weight is 268 g/mol. The van der Waals surface area contributed by atoms with Gasteiger partial charge in [-0.25, -0.2) is 5.43 Å². The van der Waals surface area contributed by atoms with Crippen molar-refractivity contribution in [3.8, 4) is 5.75 Å². The van der Waals surface area contributed by atoms with Crippen molar-refractivity contribution in [2.24, 2.45) is 5.10 Å². The lowest BCUT2D eigenvalue weighted by Gasteiger charge is -2.07. The van der Waals surface area contributed by atoms with Gasteiger partial charge in [0.25, 0.3) is 5.91 Å². The van der Waals surface area contributed by atoms with Crippen LogP contribution < -0.4 is 10.2 Å². The highest BCUT2D eigenvalue weighted by atomic mass is 16.5. The summed E-state index contributed by atoms with van der Waals surface area (Å²) in [6, 6.07) is 17.1. The first kappa shape index (κ1) is 13.8. The average Bonchev–Trinajstić information content (AvgIpc) is 2.47. The molecule has 0 aliphatic carbocycles. The Morgan fingerprint density at radius 2 is 1.85 bits per heavy atom. The molecule has 1 N–H and O–H groups in total. The molecular weight excluding hydrogens is 252 g/mol. The summed E-state index contributed by atoms with van der Waals surface area (Å²) in [5, 5.41) is 3.87. The first-order chi connectivity index (χ1) is 9.75. The van der Waals surface area contributed by atoms with E-state index in [-0.39, 0.29) is 12.5 Å². The number of benzene rings is 2. The maximum Gasteiger partial charge on any atom is 0.277 e. The van der Waals surface area contributed by atoms with Crippen LogP contribution in [0.15, 0.2) is 59.7 Å². The zero-order chi connectivity index (χ0) is 14.2. The predicted octanol–water partition coefficient (Wildman–Crippen LogP) is 2.52. The highest BCUT2D eigenvalue weighted by Crippen LogP contribution is 2.15.